The fourth-order valence-corrected chi connectivity index (χ4v) is 3.43. The van der Waals surface area contributed by atoms with E-state index in [1.165, 1.54) is 36.2 Å². The Morgan fingerprint density at radius 1 is 0.962 bits per heavy atom. The summed E-state index contributed by atoms with van der Waals surface area (Å²) >= 11 is 0. The fraction of sp³-hybridized carbons (Fsp3) is 0.318. The Bertz CT molecular complexity index is 834. The molecule has 0 amide bonds. The Kier molecular flexibility index (Phi) is 5.30. The van der Waals surface area contributed by atoms with E-state index in [0.29, 0.717) is 18.4 Å². The van der Waals surface area contributed by atoms with Crippen LogP contribution in [0.4, 0.5) is 13.2 Å². The number of rotatable bonds is 5. The lowest BCUT2D eigenvalue weighted by Gasteiger charge is -2.18. The van der Waals surface area contributed by atoms with Crippen molar-refractivity contribution in [3.8, 4) is 0 Å². The van der Waals surface area contributed by atoms with Crippen LogP contribution in [0.1, 0.15) is 53.6 Å². The van der Waals surface area contributed by atoms with E-state index in [1.807, 2.05) is 0 Å². The molecule has 0 N–H and O–H groups in total. The van der Waals surface area contributed by atoms with Crippen molar-refractivity contribution >= 4 is 11.1 Å². The Morgan fingerprint density at radius 2 is 1.65 bits per heavy atom. The molecular formula is C22H22F3N. The second-order valence-corrected chi connectivity index (χ2v) is 6.80. The molecule has 4 heteroatoms. The lowest BCUT2D eigenvalue weighted by atomic mass is 9.88. The van der Waals surface area contributed by atoms with Gasteiger partial charge < -0.3 is 0 Å². The van der Waals surface area contributed by atoms with Crippen LogP contribution in [0.3, 0.4) is 0 Å². The molecular weight excluding hydrogens is 335 g/mol. The molecule has 0 saturated carbocycles. The van der Waals surface area contributed by atoms with Crippen LogP contribution in [-0.4, -0.2) is 4.98 Å². The predicted octanol–water partition coefficient (Wildman–Crippen LogP) is 6.49. The number of aryl methyl sites for hydroxylation is 2. The number of benzene rings is 1. The Balaban J connectivity index is 1.70. The molecule has 26 heavy (non-hydrogen) atoms. The van der Waals surface area contributed by atoms with Crippen LogP contribution in [0.5, 0.6) is 0 Å². The minimum absolute atomic E-state index is 0.0711. The van der Waals surface area contributed by atoms with Gasteiger partial charge in [-0.2, -0.15) is 13.2 Å². The molecule has 1 aliphatic carbocycles. The first-order valence-corrected chi connectivity index (χ1v) is 8.86. The number of hydrogen-bond acceptors (Lipinski definition) is 1. The van der Waals surface area contributed by atoms with Crippen molar-refractivity contribution in [2.45, 2.75) is 44.7 Å². The number of hydrogen-bond donors (Lipinski definition) is 0. The molecule has 0 spiro atoms. The fourth-order valence-electron chi connectivity index (χ4n) is 3.43. The van der Waals surface area contributed by atoms with Gasteiger partial charge in [0.05, 0.1) is 11.3 Å². The third kappa shape index (κ3) is 4.06. The van der Waals surface area contributed by atoms with Crippen LogP contribution in [0, 0.1) is 0 Å². The minimum atomic E-state index is -4.43. The Hall–Kier alpha value is -2.36. The highest BCUT2D eigenvalue weighted by atomic mass is 19.4. The van der Waals surface area contributed by atoms with Crippen LogP contribution < -0.4 is 0 Å². The summed E-state index contributed by atoms with van der Waals surface area (Å²) in [4.78, 5) is 3.90. The zero-order chi connectivity index (χ0) is 18.7. The topological polar surface area (TPSA) is 12.9 Å². The second kappa shape index (κ2) is 7.48. The molecule has 136 valence electrons. The van der Waals surface area contributed by atoms with Crippen molar-refractivity contribution in [1.29, 1.82) is 0 Å². The number of alkyl halides is 3. The molecule has 3 rings (SSSR count). The average molecular weight is 357 g/mol. The third-order valence-corrected chi connectivity index (χ3v) is 4.93. The summed E-state index contributed by atoms with van der Waals surface area (Å²) in [7, 11) is 0. The van der Waals surface area contributed by atoms with Gasteiger partial charge in [-0.25, -0.2) is 0 Å². The minimum Gasteiger partial charge on any atom is -0.256 e. The molecule has 1 nitrogen and oxygen atoms in total. The van der Waals surface area contributed by atoms with E-state index in [2.05, 4.69) is 36.3 Å². The molecule has 0 radical (unpaired) electrons. The maximum absolute atomic E-state index is 13.1. The predicted molar refractivity (Wildman–Crippen MR) is 99.6 cm³/mol. The molecule has 1 aliphatic rings. The van der Waals surface area contributed by atoms with Gasteiger partial charge in [-0.1, -0.05) is 31.4 Å². The van der Waals surface area contributed by atoms with E-state index >= 15 is 0 Å². The lowest BCUT2D eigenvalue weighted by Crippen LogP contribution is -2.10. The number of pyridine rings is 1. The highest BCUT2D eigenvalue weighted by molar-refractivity contribution is 5.69. The van der Waals surface area contributed by atoms with Crippen LogP contribution >= 0.6 is 0 Å². The zero-order valence-corrected chi connectivity index (χ0v) is 14.7. The molecule has 0 fully saturated rings. The van der Waals surface area contributed by atoms with Gasteiger partial charge in [-0.3, -0.25) is 4.98 Å². The van der Waals surface area contributed by atoms with Gasteiger partial charge in [-0.15, -0.1) is 0 Å². The monoisotopic (exact) mass is 357 g/mol. The van der Waals surface area contributed by atoms with E-state index in [-0.39, 0.29) is 5.69 Å². The first-order valence-electron chi connectivity index (χ1n) is 8.86. The Labute approximate surface area is 152 Å². The van der Waals surface area contributed by atoms with Crippen molar-refractivity contribution in [3.63, 3.8) is 0 Å². The van der Waals surface area contributed by atoms with Gasteiger partial charge in [-0.05, 0) is 78.5 Å². The van der Waals surface area contributed by atoms with E-state index in [9.17, 15) is 13.2 Å². The maximum atomic E-state index is 13.1. The summed E-state index contributed by atoms with van der Waals surface area (Å²) in [6.45, 7) is 7.96. The molecule has 0 saturated heterocycles. The van der Waals surface area contributed by atoms with Crippen LogP contribution in [-0.2, 0) is 19.0 Å². The summed E-state index contributed by atoms with van der Waals surface area (Å²) in [5, 5.41) is 0. The maximum Gasteiger partial charge on any atom is 0.418 e. The molecule has 2 aromatic rings. The summed E-state index contributed by atoms with van der Waals surface area (Å²) in [5.74, 6) is 0. The van der Waals surface area contributed by atoms with Crippen LogP contribution in [0.2, 0.25) is 0 Å². The highest BCUT2D eigenvalue weighted by Gasteiger charge is 2.34. The molecule has 0 bridgehead atoms. The molecule has 1 aromatic heterocycles. The van der Waals surface area contributed by atoms with Gasteiger partial charge >= 0.3 is 6.18 Å². The van der Waals surface area contributed by atoms with Crippen molar-refractivity contribution in [1.82, 2.24) is 4.98 Å². The van der Waals surface area contributed by atoms with E-state index in [1.54, 1.807) is 0 Å². The quantitative estimate of drug-likeness (QED) is 0.596. The number of halogens is 3. The van der Waals surface area contributed by atoms with Crippen molar-refractivity contribution in [3.05, 3.63) is 77.6 Å². The molecule has 0 aliphatic heterocycles. The highest BCUT2D eigenvalue weighted by Crippen LogP contribution is 2.35. The largest absolute Gasteiger partial charge is 0.418 e. The van der Waals surface area contributed by atoms with E-state index < -0.39 is 11.7 Å². The van der Waals surface area contributed by atoms with Crippen molar-refractivity contribution < 1.29 is 13.2 Å². The van der Waals surface area contributed by atoms with Gasteiger partial charge in [0.2, 0.25) is 0 Å². The zero-order valence-electron chi connectivity index (χ0n) is 14.7. The molecule has 0 atom stereocenters. The Morgan fingerprint density at radius 3 is 2.38 bits per heavy atom. The first-order chi connectivity index (χ1) is 12.4. The van der Waals surface area contributed by atoms with Crippen LogP contribution in [0.25, 0.3) is 11.1 Å². The molecule has 1 aromatic carbocycles. The number of aromatic nitrogens is 1. The van der Waals surface area contributed by atoms with E-state index in [0.717, 1.165) is 30.0 Å². The second-order valence-electron chi connectivity index (χ2n) is 6.80. The van der Waals surface area contributed by atoms with Gasteiger partial charge in [0.15, 0.2) is 0 Å². The normalized spacial score (nSPS) is 14.0. The number of fused-ring (bicyclic) bond motifs is 1. The third-order valence-electron chi connectivity index (χ3n) is 4.93. The summed E-state index contributed by atoms with van der Waals surface area (Å²) < 4.78 is 39.4. The molecule has 0 unspecified atom stereocenters. The SMILES string of the molecule is C=C(CCC(=C)c1ncccc1C(F)(F)F)c1ccc2c(c1)CCCC2. The van der Waals surface area contributed by atoms with Gasteiger partial charge in [0.25, 0.3) is 0 Å². The smallest absolute Gasteiger partial charge is 0.256 e. The molecule has 1 heterocycles. The van der Waals surface area contributed by atoms with Gasteiger partial charge in [0, 0.05) is 6.20 Å². The van der Waals surface area contributed by atoms with Crippen LogP contribution in [0.15, 0.2) is 49.7 Å². The number of nitrogens with zero attached hydrogens (tertiary/aromatic N) is 1. The van der Waals surface area contributed by atoms with Crippen molar-refractivity contribution in [2.24, 2.45) is 0 Å². The summed E-state index contributed by atoms with van der Waals surface area (Å²) in [5.41, 5.74) is 4.34. The first kappa shape index (κ1) is 18.4. The summed E-state index contributed by atoms with van der Waals surface area (Å²) in [6.07, 6.45) is 2.56. The summed E-state index contributed by atoms with van der Waals surface area (Å²) in [6, 6.07) is 8.75. The standard InChI is InChI=1S/C22H22F3N/c1-15(18-12-11-17-6-3-4-7-19(17)14-18)9-10-16(2)21-20(22(23,24)25)8-5-13-26-21/h5,8,11-14H,1-4,6-7,9-10H2. The average Bonchev–Trinajstić information content (AvgIpc) is 2.64. The van der Waals surface area contributed by atoms with Crippen molar-refractivity contribution in [2.75, 3.05) is 0 Å². The number of allylic oxidation sites excluding steroid dienone is 2. The lowest BCUT2D eigenvalue weighted by molar-refractivity contribution is -0.138. The van der Waals surface area contributed by atoms with E-state index in [4.69, 9.17) is 0 Å². The van der Waals surface area contributed by atoms with Gasteiger partial charge in [0.1, 0.15) is 0 Å².